The summed E-state index contributed by atoms with van der Waals surface area (Å²) in [5.41, 5.74) is 2.56. The van der Waals surface area contributed by atoms with Gasteiger partial charge in [0.05, 0.1) is 12.7 Å². The van der Waals surface area contributed by atoms with Gasteiger partial charge in [-0.05, 0) is 6.42 Å². The van der Waals surface area contributed by atoms with Gasteiger partial charge in [-0.2, -0.15) is 10.2 Å². The Hall–Kier alpha value is -1.69. The van der Waals surface area contributed by atoms with Crippen LogP contribution in [0.25, 0.3) is 0 Å². The average molecular weight is 302 g/mol. The van der Waals surface area contributed by atoms with E-state index in [4.69, 9.17) is 0 Å². The minimum atomic E-state index is 0.0924. The summed E-state index contributed by atoms with van der Waals surface area (Å²) in [5.74, 6) is 2.09. The summed E-state index contributed by atoms with van der Waals surface area (Å²) >= 11 is 0. The Morgan fingerprint density at radius 1 is 1.41 bits per heavy atom. The van der Waals surface area contributed by atoms with Gasteiger partial charge in [-0.15, -0.1) is 0 Å². The second kappa shape index (κ2) is 5.83. The van der Waals surface area contributed by atoms with Crippen molar-refractivity contribution in [1.82, 2.24) is 30.3 Å². The van der Waals surface area contributed by atoms with E-state index in [0.717, 1.165) is 44.0 Å². The summed E-state index contributed by atoms with van der Waals surface area (Å²) in [5, 5.41) is 15.6. The molecule has 0 unspecified atom stereocenters. The molecule has 3 rings (SSSR count). The van der Waals surface area contributed by atoms with Crippen molar-refractivity contribution >= 4 is 0 Å². The Balaban J connectivity index is 1.63. The van der Waals surface area contributed by atoms with E-state index >= 15 is 0 Å². The average Bonchev–Trinajstić information content (AvgIpc) is 3.10. The van der Waals surface area contributed by atoms with Crippen molar-refractivity contribution in [1.29, 1.82) is 0 Å². The summed E-state index contributed by atoms with van der Waals surface area (Å²) in [4.78, 5) is 4.57. The molecule has 0 fully saturated rings. The van der Waals surface area contributed by atoms with Crippen LogP contribution in [0.3, 0.4) is 0 Å². The molecule has 0 spiro atoms. The molecule has 3 heterocycles. The number of nitrogens with zero attached hydrogens (tertiary/aromatic N) is 4. The Morgan fingerprint density at radius 2 is 2.23 bits per heavy atom. The molecule has 1 aliphatic heterocycles. The van der Waals surface area contributed by atoms with Crippen molar-refractivity contribution in [3.05, 3.63) is 29.1 Å². The number of hydrogen-bond donors (Lipinski definition) is 2. The predicted molar refractivity (Wildman–Crippen MR) is 85.6 cm³/mol. The normalized spacial score (nSPS) is 18.5. The first-order valence-corrected chi connectivity index (χ1v) is 8.16. The molecule has 2 N–H and O–H groups in total. The van der Waals surface area contributed by atoms with E-state index < -0.39 is 0 Å². The van der Waals surface area contributed by atoms with Crippen molar-refractivity contribution in [3.8, 4) is 0 Å². The zero-order chi connectivity index (χ0) is 15.7. The summed E-state index contributed by atoms with van der Waals surface area (Å²) in [6.07, 6.45) is 4.96. The Labute approximate surface area is 131 Å². The van der Waals surface area contributed by atoms with Gasteiger partial charge in [0.2, 0.25) is 0 Å². The third kappa shape index (κ3) is 3.06. The van der Waals surface area contributed by atoms with E-state index in [1.807, 2.05) is 6.20 Å². The molecular weight excluding hydrogens is 276 g/mol. The van der Waals surface area contributed by atoms with Crippen LogP contribution in [0.4, 0.5) is 0 Å². The van der Waals surface area contributed by atoms with Gasteiger partial charge in [0.1, 0.15) is 5.82 Å². The Bertz CT molecular complexity index is 633. The summed E-state index contributed by atoms with van der Waals surface area (Å²) in [6, 6.07) is 0.446. The first-order valence-electron chi connectivity index (χ1n) is 8.16. The van der Waals surface area contributed by atoms with Crippen LogP contribution in [0, 0.1) is 0 Å². The van der Waals surface area contributed by atoms with Gasteiger partial charge < -0.3 is 5.32 Å². The van der Waals surface area contributed by atoms with Crippen LogP contribution in [0.2, 0.25) is 0 Å². The molecule has 1 aliphatic rings. The van der Waals surface area contributed by atoms with Gasteiger partial charge in [0.25, 0.3) is 0 Å². The zero-order valence-electron chi connectivity index (χ0n) is 14.0. The van der Waals surface area contributed by atoms with E-state index in [-0.39, 0.29) is 5.41 Å². The molecule has 0 aliphatic carbocycles. The van der Waals surface area contributed by atoms with Crippen LogP contribution < -0.4 is 5.32 Å². The number of aryl methyl sites for hydroxylation is 2. The molecule has 2 aromatic heterocycles. The molecule has 1 atom stereocenters. The molecule has 120 valence electrons. The first-order chi connectivity index (χ1) is 10.5. The molecular formula is C16H26N6. The lowest BCUT2D eigenvalue weighted by Crippen LogP contribution is -2.37. The lowest BCUT2D eigenvalue weighted by Gasteiger charge is -2.24. The van der Waals surface area contributed by atoms with Gasteiger partial charge in [-0.3, -0.25) is 5.10 Å². The van der Waals surface area contributed by atoms with Crippen molar-refractivity contribution in [2.24, 2.45) is 0 Å². The minimum Gasteiger partial charge on any atom is -0.308 e. The minimum absolute atomic E-state index is 0.0924. The molecule has 0 bridgehead atoms. The number of nitrogens with one attached hydrogen (secondary N) is 2. The highest BCUT2D eigenvalue weighted by Gasteiger charge is 2.23. The lowest BCUT2D eigenvalue weighted by molar-refractivity contribution is 0.356. The number of hydrogen-bond acceptors (Lipinski definition) is 4. The molecule has 6 nitrogen and oxygen atoms in total. The fraction of sp³-hybridized carbons (Fsp3) is 0.688. The second-order valence-corrected chi connectivity index (χ2v) is 7.12. The summed E-state index contributed by atoms with van der Waals surface area (Å²) in [6.45, 7) is 10.5. The van der Waals surface area contributed by atoms with Crippen molar-refractivity contribution in [2.45, 2.75) is 71.5 Å². The third-order valence-electron chi connectivity index (χ3n) is 4.27. The second-order valence-electron chi connectivity index (χ2n) is 7.12. The van der Waals surface area contributed by atoms with Gasteiger partial charge in [-0.1, -0.05) is 27.7 Å². The highest BCUT2D eigenvalue weighted by Crippen LogP contribution is 2.23. The van der Waals surface area contributed by atoms with Crippen LogP contribution >= 0.6 is 0 Å². The van der Waals surface area contributed by atoms with Crippen molar-refractivity contribution in [3.63, 3.8) is 0 Å². The van der Waals surface area contributed by atoms with Gasteiger partial charge in [0.15, 0.2) is 5.82 Å². The molecule has 2 aromatic rings. The molecule has 6 heteroatoms. The van der Waals surface area contributed by atoms with Gasteiger partial charge >= 0.3 is 0 Å². The molecule has 0 saturated heterocycles. The quantitative estimate of drug-likeness (QED) is 0.906. The number of aromatic nitrogens is 5. The fourth-order valence-electron chi connectivity index (χ4n) is 3.03. The lowest BCUT2D eigenvalue weighted by atomic mass is 9.89. The maximum Gasteiger partial charge on any atom is 0.150 e. The highest BCUT2D eigenvalue weighted by atomic mass is 15.4. The Kier molecular flexibility index (Phi) is 4.04. The van der Waals surface area contributed by atoms with Crippen molar-refractivity contribution in [2.75, 3.05) is 0 Å². The van der Waals surface area contributed by atoms with Crippen LogP contribution in [0.1, 0.15) is 57.0 Å². The number of H-pyrrole nitrogens is 1. The fourth-order valence-corrected chi connectivity index (χ4v) is 3.03. The standard InChI is InChI=1S/C16H26N6/c1-5-13-19-14-7-6-12(10-22(14)21-13)17-8-11-9-18-20-15(11)16(2,3)4/h9,12,17H,5-8,10H2,1-4H3,(H,18,20)/t12-/m1/s1. The summed E-state index contributed by atoms with van der Waals surface area (Å²) < 4.78 is 2.07. The maximum absolute atomic E-state index is 4.57. The van der Waals surface area contributed by atoms with Crippen molar-refractivity contribution < 1.29 is 0 Å². The van der Waals surface area contributed by atoms with E-state index in [0.29, 0.717) is 6.04 Å². The molecule has 0 saturated carbocycles. The molecule has 22 heavy (non-hydrogen) atoms. The van der Waals surface area contributed by atoms with Crippen LogP contribution in [0.15, 0.2) is 6.20 Å². The molecule has 0 radical (unpaired) electrons. The molecule has 0 aromatic carbocycles. The van der Waals surface area contributed by atoms with Gasteiger partial charge in [0, 0.05) is 42.1 Å². The Morgan fingerprint density at radius 3 is 2.95 bits per heavy atom. The zero-order valence-corrected chi connectivity index (χ0v) is 14.0. The topological polar surface area (TPSA) is 71.4 Å². The molecule has 0 amide bonds. The van der Waals surface area contributed by atoms with Crippen LogP contribution in [-0.2, 0) is 31.3 Å². The predicted octanol–water partition coefficient (Wildman–Crippen LogP) is 1.97. The van der Waals surface area contributed by atoms with Crippen LogP contribution in [0.5, 0.6) is 0 Å². The van der Waals surface area contributed by atoms with E-state index in [9.17, 15) is 0 Å². The van der Waals surface area contributed by atoms with E-state index in [1.165, 1.54) is 11.3 Å². The van der Waals surface area contributed by atoms with E-state index in [2.05, 4.69) is 58.0 Å². The SMILES string of the molecule is CCc1nc2n(n1)C[C@H](NCc1cn[nH]c1C(C)(C)C)CC2. The van der Waals surface area contributed by atoms with E-state index in [1.54, 1.807) is 0 Å². The smallest absolute Gasteiger partial charge is 0.150 e. The number of fused-ring (bicyclic) bond motifs is 1. The first kappa shape index (κ1) is 15.2. The highest BCUT2D eigenvalue weighted by molar-refractivity contribution is 5.23. The van der Waals surface area contributed by atoms with Crippen LogP contribution in [-0.4, -0.2) is 31.0 Å². The maximum atomic E-state index is 4.57. The summed E-state index contributed by atoms with van der Waals surface area (Å²) in [7, 11) is 0. The number of aromatic amines is 1. The largest absolute Gasteiger partial charge is 0.308 e. The van der Waals surface area contributed by atoms with Gasteiger partial charge in [-0.25, -0.2) is 9.67 Å². The number of rotatable bonds is 4. The third-order valence-corrected chi connectivity index (χ3v) is 4.27. The monoisotopic (exact) mass is 302 g/mol.